The zero-order valence-electron chi connectivity index (χ0n) is 20.1. The maximum absolute atomic E-state index is 13.5. The van der Waals surface area contributed by atoms with Crippen LogP contribution in [-0.2, 0) is 0 Å². The first-order chi connectivity index (χ1) is 17.5. The first-order valence-electron chi connectivity index (χ1n) is 11.4. The van der Waals surface area contributed by atoms with Gasteiger partial charge in [-0.25, -0.2) is 15.0 Å². The Bertz CT molecular complexity index is 1630. The van der Waals surface area contributed by atoms with Gasteiger partial charge < -0.3 is 9.47 Å². The van der Waals surface area contributed by atoms with Gasteiger partial charge in [0.05, 0.1) is 28.5 Å². The van der Waals surface area contributed by atoms with Gasteiger partial charge in [-0.1, -0.05) is 44.0 Å². The number of aromatic nitrogens is 3. The zero-order chi connectivity index (χ0) is 25.2. The average Bonchev–Trinajstić information content (AvgIpc) is 3.34. The molecule has 2 heterocycles. The fraction of sp³-hybridized carbons (Fsp3) is 0.172. The number of carbonyl (C=O) groups is 1. The molecule has 0 radical (unpaired) electrons. The minimum absolute atomic E-state index is 0.0914. The molecule has 6 nitrogen and oxygen atoms in total. The lowest BCUT2D eigenvalue weighted by molar-refractivity contribution is 0.102. The number of hydrogen-bond donors (Lipinski definition) is 0. The van der Waals surface area contributed by atoms with Crippen molar-refractivity contribution in [3.63, 3.8) is 0 Å². The van der Waals surface area contributed by atoms with Crippen LogP contribution in [0.1, 0.15) is 41.0 Å². The van der Waals surface area contributed by atoms with Gasteiger partial charge in [0.15, 0.2) is 5.01 Å². The number of terminal acetylenes is 1. The molecule has 36 heavy (non-hydrogen) atoms. The van der Waals surface area contributed by atoms with E-state index in [0.29, 0.717) is 33.6 Å². The largest absolute Gasteiger partial charge is 0.497 e. The third-order valence-electron chi connectivity index (χ3n) is 5.83. The zero-order valence-corrected chi connectivity index (χ0v) is 20.9. The van der Waals surface area contributed by atoms with Crippen molar-refractivity contribution in [1.82, 2.24) is 15.0 Å². The van der Waals surface area contributed by atoms with Crippen LogP contribution < -0.4 is 9.47 Å². The first kappa shape index (κ1) is 23.5. The van der Waals surface area contributed by atoms with Crippen molar-refractivity contribution in [3.05, 3.63) is 77.1 Å². The van der Waals surface area contributed by atoms with Crippen molar-refractivity contribution in [1.29, 1.82) is 0 Å². The van der Waals surface area contributed by atoms with Gasteiger partial charge >= 0.3 is 0 Å². The van der Waals surface area contributed by atoms with E-state index in [0.717, 1.165) is 21.2 Å². The molecule has 0 fully saturated rings. The molecule has 0 aliphatic heterocycles. The molecule has 0 saturated carbocycles. The van der Waals surface area contributed by atoms with Crippen LogP contribution in [0, 0.1) is 12.3 Å². The Morgan fingerprint density at radius 1 is 0.972 bits per heavy atom. The second kappa shape index (κ2) is 9.76. The summed E-state index contributed by atoms with van der Waals surface area (Å²) in [5, 5.41) is 1.10. The average molecular weight is 494 g/mol. The van der Waals surface area contributed by atoms with Crippen LogP contribution in [0.2, 0.25) is 0 Å². The predicted octanol–water partition coefficient (Wildman–Crippen LogP) is 6.28. The number of carbonyl (C=O) groups excluding carboxylic acids is 1. The van der Waals surface area contributed by atoms with E-state index in [1.807, 2.05) is 42.5 Å². The van der Waals surface area contributed by atoms with Crippen molar-refractivity contribution < 1.29 is 14.3 Å². The molecule has 7 heteroatoms. The molecule has 0 N–H and O–H groups in total. The summed E-state index contributed by atoms with van der Waals surface area (Å²) in [6.45, 7) is 4.45. The van der Waals surface area contributed by atoms with Crippen LogP contribution in [-0.4, -0.2) is 34.5 Å². The second-order valence-corrected chi connectivity index (χ2v) is 9.56. The lowest BCUT2D eigenvalue weighted by Gasteiger charge is -2.11. The summed E-state index contributed by atoms with van der Waals surface area (Å²) in [6.07, 6.45) is 5.35. The number of rotatable bonds is 7. The highest BCUT2D eigenvalue weighted by Gasteiger charge is 2.21. The summed E-state index contributed by atoms with van der Waals surface area (Å²) < 4.78 is 11.8. The van der Waals surface area contributed by atoms with Gasteiger partial charge in [-0.3, -0.25) is 4.79 Å². The van der Waals surface area contributed by atoms with Crippen LogP contribution >= 0.6 is 11.3 Å². The quantitative estimate of drug-likeness (QED) is 0.196. The Kier molecular flexibility index (Phi) is 6.36. The van der Waals surface area contributed by atoms with Crippen LogP contribution in [0.25, 0.3) is 32.4 Å². The van der Waals surface area contributed by atoms with Crippen LogP contribution in [0.15, 0.2) is 60.7 Å². The molecular weight excluding hydrogens is 470 g/mol. The highest BCUT2D eigenvalue weighted by atomic mass is 32.1. The molecule has 0 bridgehead atoms. The number of methoxy groups -OCH3 is 1. The summed E-state index contributed by atoms with van der Waals surface area (Å²) in [5.74, 6) is 3.97. The molecule has 178 valence electrons. The summed E-state index contributed by atoms with van der Waals surface area (Å²) in [5.41, 5.74) is 4.10. The Labute approximate surface area is 213 Å². The SMILES string of the molecule is C#CCOc1ccc2nc(C(=O)c3nc4ccc(OC)cc4s3)nc(-c3ccc(C(C)C)cc3)c2c1. The normalized spacial score (nSPS) is 11.1. The highest BCUT2D eigenvalue weighted by Crippen LogP contribution is 2.32. The smallest absolute Gasteiger partial charge is 0.258 e. The number of ketones is 1. The summed E-state index contributed by atoms with van der Waals surface area (Å²) in [6, 6.07) is 19.2. The Morgan fingerprint density at radius 2 is 1.72 bits per heavy atom. The van der Waals surface area contributed by atoms with Gasteiger partial charge in [-0.05, 0) is 47.9 Å². The van der Waals surface area contributed by atoms with Gasteiger partial charge in [0.2, 0.25) is 5.82 Å². The lowest BCUT2D eigenvalue weighted by atomic mass is 9.99. The van der Waals surface area contributed by atoms with E-state index in [1.165, 1.54) is 16.9 Å². The molecule has 0 aliphatic rings. The summed E-state index contributed by atoms with van der Waals surface area (Å²) >= 11 is 1.29. The minimum Gasteiger partial charge on any atom is -0.497 e. The molecule has 0 atom stereocenters. The minimum atomic E-state index is -0.329. The Balaban J connectivity index is 1.63. The van der Waals surface area contributed by atoms with Crippen LogP contribution in [0.4, 0.5) is 0 Å². The second-order valence-electron chi connectivity index (χ2n) is 8.53. The number of fused-ring (bicyclic) bond motifs is 2. The molecular formula is C29H23N3O3S. The monoisotopic (exact) mass is 493 g/mol. The molecule has 0 saturated heterocycles. The van der Waals surface area contributed by atoms with Crippen molar-refractivity contribution in [3.8, 4) is 35.1 Å². The topological polar surface area (TPSA) is 74.2 Å². The first-order valence-corrected chi connectivity index (χ1v) is 12.3. The van der Waals surface area contributed by atoms with E-state index < -0.39 is 0 Å². The van der Waals surface area contributed by atoms with Crippen molar-refractivity contribution in [2.24, 2.45) is 0 Å². The predicted molar refractivity (Wildman–Crippen MR) is 143 cm³/mol. The molecule has 2 aromatic heterocycles. The van der Waals surface area contributed by atoms with E-state index >= 15 is 0 Å². The fourth-order valence-corrected chi connectivity index (χ4v) is 4.82. The van der Waals surface area contributed by atoms with Gasteiger partial charge in [0.1, 0.15) is 18.1 Å². The molecule has 5 aromatic rings. The summed E-state index contributed by atoms with van der Waals surface area (Å²) in [7, 11) is 1.61. The molecule has 3 aromatic carbocycles. The van der Waals surface area contributed by atoms with Gasteiger partial charge in [-0.2, -0.15) is 0 Å². The highest BCUT2D eigenvalue weighted by molar-refractivity contribution is 7.20. The third kappa shape index (κ3) is 4.51. The van der Waals surface area contributed by atoms with Gasteiger partial charge in [0.25, 0.3) is 5.78 Å². The number of ether oxygens (including phenoxy) is 2. The van der Waals surface area contributed by atoms with Gasteiger partial charge in [-0.15, -0.1) is 17.8 Å². The number of hydrogen-bond acceptors (Lipinski definition) is 7. The standard InChI is InChI=1S/C29H23N3O3S/c1-5-14-35-21-11-12-23-22(15-21)26(19-8-6-18(7-9-19)17(2)3)32-28(30-23)27(33)29-31-24-13-10-20(34-4)16-25(24)36-29/h1,6-13,15-17H,14H2,2-4H3. The number of thiazole rings is 1. The van der Waals surface area contributed by atoms with E-state index in [-0.39, 0.29) is 18.2 Å². The van der Waals surface area contributed by atoms with Crippen molar-refractivity contribution in [2.75, 3.05) is 13.7 Å². The van der Waals surface area contributed by atoms with E-state index in [2.05, 4.69) is 41.9 Å². The Hall–Kier alpha value is -4.28. The molecule has 5 rings (SSSR count). The maximum atomic E-state index is 13.5. The number of nitrogens with zero attached hydrogens (tertiary/aromatic N) is 3. The molecule has 0 amide bonds. The van der Waals surface area contributed by atoms with Crippen molar-refractivity contribution in [2.45, 2.75) is 19.8 Å². The van der Waals surface area contributed by atoms with Crippen molar-refractivity contribution >= 4 is 38.2 Å². The third-order valence-corrected chi connectivity index (χ3v) is 6.85. The maximum Gasteiger partial charge on any atom is 0.258 e. The molecule has 0 unspecified atom stereocenters. The molecule has 0 aliphatic carbocycles. The van der Waals surface area contributed by atoms with E-state index in [9.17, 15) is 4.79 Å². The fourth-order valence-electron chi connectivity index (χ4n) is 3.89. The number of benzene rings is 3. The molecule has 0 spiro atoms. The van der Waals surface area contributed by atoms with Crippen LogP contribution in [0.5, 0.6) is 11.5 Å². The van der Waals surface area contributed by atoms with Gasteiger partial charge in [0, 0.05) is 10.9 Å². The summed E-state index contributed by atoms with van der Waals surface area (Å²) in [4.78, 5) is 27.3. The lowest BCUT2D eigenvalue weighted by Crippen LogP contribution is -2.08. The van der Waals surface area contributed by atoms with E-state index in [4.69, 9.17) is 20.9 Å². The Morgan fingerprint density at radius 3 is 2.44 bits per heavy atom. The van der Waals surface area contributed by atoms with E-state index in [1.54, 1.807) is 13.2 Å². The van der Waals surface area contributed by atoms with Crippen LogP contribution in [0.3, 0.4) is 0 Å².